The first-order valence-electron chi connectivity index (χ1n) is 8.30. The number of rotatable bonds is 5. The Morgan fingerprint density at radius 1 is 1.38 bits per heavy atom. The first kappa shape index (κ1) is 17.9. The van der Waals surface area contributed by atoms with E-state index in [0.717, 1.165) is 5.56 Å². The number of urea groups is 1. The van der Waals surface area contributed by atoms with Crippen molar-refractivity contribution < 1.29 is 9.59 Å². The van der Waals surface area contributed by atoms with E-state index in [1.807, 2.05) is 26.0 Å². The Morgan fingerprint density at radius 3 is 2.88 bits per heavy atom. The highest BCUT2D eigenvalue weighted by Crippen LogP contribution is 2.27. The van der Waals surface area contributed by atoms with Crippen molar-refractivity contribution in [1.82, 2.24) is 15.2 Å². The first-order chi connectivity index (χ1) is 12.5. The van der Waals surface area contributed by atoms with Crippen LogP contribution in [0, 0.1) is 11.3 Å². The Hall–Kier alpha value is -2.92. The third kappa shape index (κ3) is 3.68. The van der Waals surface area contributed by atoms with Gasteiger partial charge in [-0.25, -0.2) is 9.78 Å². The lowest BCUT2D eigenvalue weighted by atomic mass is 10.1. The van der Waals surface area contributed by atoms with E-state index in [1.165, 1.54) is 17.5 Å². The van der Waals surface area contributed by atoms with Gasteiger partial charge in [-0.1, -0.05) is 29.5 Å². The molecule has 134 valence electrons. The SMILES string of the molecule is CC(C)NC(=O)c1cnc(N2CCN(Cc3ccccc3C#N)C2=O)s1. The maximum atomic E-state index is 12.7. The highest BCUT2D eigenvalue weighted by Gasteiger charge is 2.32. The predicted molar refractivity (Wildman–Crippen MR) is 99.0 cm³/mol. The summed E-state index contributed by atoms with van der Waals surface area (Å²) in [5.74, 6) is -0.185. The predicted octanol–water partition coefficient (Wildman–Crippen LogP) is 2.60. The number of benzene rings is 1. The molecular weight excluding hydrogens is 350 g/mol. The summed E-state index contributed by atoms with van der Waals surface area (Å²) in [6, 6.07) is 9.29. The molecule has 0 atom stereocenters. The van der Waals surface area contributed by atoms with Gasteiger partial charge in [0.25, 0.3) is 5.91 Å². The lowest BCUT2D eigenvalue weighted by Crippen LogP contribution is -2.31. The summed E-state index contributed by atoms with van der Waals surface area (Å²) in [4.78, 5) is 32.7. The topological polar surface area (TPSA) is 89.3 Å². The standard InChI is InChI=1S/C18H19N5O2S/c1-12(2)21-16(24)15-10-20-17(26-15)23-8-7-22(18(23)25)11-14-6-4-3-5-13(14)9-19/h3-6,10,12H,7-8,11H2,1-2H3,(H,21,24). The molecule has 1 aliphatic rings. The zero-order chi connectivity index (χ0) is 18.7. The number of thiazole rings is 1. The zero-order valence-electron chi connectivity index (χ0n) is 14.6. The number of nitrogens with one attached hydrogen (secondary N) is 1. The Labute approximate surface area is 155 Å². The summed E-state index contributed by atoms with van der Waals surface area (Å²) in [6.07, 6.45) is 1.50. The molecule has 1 saturated heterocycles. The summed E-state index contributed by atoms with van der Waals surface area (Å²) in [5.41, 5.74) is 1.39. The summed E-state index contributed by atoms with van der Waals surface area (Å²) >= 11 is 1.20. The highest BCUT2D eigenvalue weighted by molar-refractivity contribution is 7.17. The molecule has 2 aromatic rings. The smallest absolute Gasteiger partial charge is 0.326 e. The van der Waals surface area contributed by atoms with Crippen molar-refractivity contribution in [3.05, 3.63) is 46.5 Å². The van der Waals surface area contributed by atoms with Crippen LogP contribution in [0.2, 0.25) is 0 Å². The molecule has 26 heavy (non-hydrogen) atoms. The number of carbonyl (C=O) groups excluding carboxylic acids is 2. The van der Waals surface area contributed by atoms with Crippen LogP contribution in [0.3, 0.4) is 0 Å². The number of hydrogen-bond acceptors (Lipinski definition) is 5. The Balaban J connectivity index is 1.71. The maximum absolute atomic E-state index is 12.7. The van der Waals surface area contributed by atoms with E-state index >= 15 is 0 Å². The summed E-state index contributed by atoms with van der Waals surface area (Å²) in [5, 5.41) is 12.5. The third-order valence-electron chi connectivity index (χ3n) is 3.96. The molecule has 8 heteroatoms. The van der Waals surface area contributed by atoms with Crippen molar-refractivity contribution >= 4 is 28.4 Å². The molecule has 1 N–H and O–H groups in total. The van der Waals surface area contributed by atoms with Gasteiger partial charge >= 0.3 is 6.03 Å². The molecule has 3 rings (SSSR count). The lowest BCUT2D eigenvalue weighted by Gasteiger charge is -2.17. The Morgan fingerprint density at radius 2 is 2.15 bits per heavy atom. The number of anilines is 1. The number of nitrogens with zero attached hydrogens (tertiary/aromatic N) is 4. The van der Waals surface area contributed by atoms with Gasteiger partial charge in [0.15, 0.2) is 5.13 Å². The Kier molecular flexibility index (Phi) is 5.19. The number of aromatic nitrogens is 1. The second-order valence-corrected chi connectivity index (χ2v) is 7.27. The first-order valence-corrected chi connectivity index (χ1v) is 9.12. The van der Waals surface area contributed by atoms with E-state index in [2.05, 4.69) is 16.4 Å². The van der Waals surface area contributed by atoms with Crippen LogP contribution in [0.1, 0.15) is 34.6 Å². The van der Waals surface area contributed by atoms with E-state index < -0.39 is 0 Å². The summed E-state index contributed by atoms with van der Waals surface area (Å²) < 4.78 is 0. The second-order valence-electron chi connectivity index (χ2n) is 6.26. The van der Waals surface area contributed by atoms with Crippen LogP contribution < -0.4 is 10.2 Å². The molecular formula is C18H19N5O2S. The molecule has 0 aliphatic carbocycles. The number of carbonyl (C=O) groups is 2. The van der Waals surface area contributed by atoms with Crippen LogP contribution in [0.4, 0.5) is 9.93 Å². The molecule has 0 spiro atoms. The van der Waals surface area contributed by atoms with E-state index in [9.17, 15) is 14.9 Å². The van der Waals surface area contributed by atoms with Gasteiger partial charge in [0.2, 0.25) is 0 Å². The van der Waals surface area contributed by atoms with Crippen LogP contribution in [-0.2, 0) is 6.54 Å². The minimum Gasteiger partial charge on any atom is -0.349 e. The van der Waals surface area contributed by atoms with Gasteiger partial charge in [0.1, 0.15) is 4.88 Å². The number of hydrogen-bond donors (Lipinski definition) is 1. The van der Waals surface area contributed by atoms with Crippen molar-refractivity contribution in [2.45, 2.75) is 26.4 Å². The minimum absolute atomic E-state index is 0.0390. The van der Waals surface area contributed by atoms with Gasteiger partial charge in [0, 0.05) is 25.7 Å². The molecule has 2 heterocycles. The van der Waals surface area contributed by atoms with Crippen LogP contribution >= 0.6 is 11.3 Å². The van der Waals surface area contributed by atoms with E-state index in [0.29, 0.717) is 35.2 Å². The summed E-state index contributed by atoms with van der Waals surface area (Å²) in [7, 11) is 0. The fraction of sp³-hybridized carbons (Fsp3) is 0.333. The second kappa shape index (κ2) is 7.54. The van der Waals surface area contributed by atoms with Crippen molar-refractivity contribution in [1.29, 1.82) is 5.26 Å². The van der Waals surface area contributed by atoms with Gasteiger partial charge in [-0.05, 0) is 25.5 Å². The van der Waals surface area contributed by atoms with Crippen LogP contribution in [-0.4, -0.2) is 41.0 Å². The molecule has 0 unspecified atom stereocenters. The Bertz CT molecular complexity index is 870. The molecule has 0 bridgehead atoms. The van der Waals surface area contributed by atoms with Crippen molar-refractivity contribution in [2.24, 2.45) is 0 Å². The molecule has 3 amide bonds. The molecule has 7 nitrogen and oxygen atoms in total. The fourth-order valence-corrected chi connectivity index (χ4v) is 3.55. The van der Waals surface area contributed by atoms with Crippen molar-refractivity contribution in [2.75, 3.05) is 18.0 Å². The largest absolute Gasteiger partial charge is 0.349 e. The fourth-order valence-electron chi connectivity index (χ4n) is 2.71. The average molecular weight is 369 g/mol. The zero-order valence-corrected chi connectivity index (χ0v) is 15.4. The van der Waals surface area contributed by atoms with E-state index in [4.69, 9.17) is 0 Å². The van der Waals surface area contributed by atoms with E-state index in [1.54, 1.807) is 21.9 Å². The van der Waals surface area contributed by atoms with Gasteiger partial charge in [-0.15, -0.1) is 0 Å². The molecule has 0 radical (unpaired) electrons. The molecule has 1 aliphatic heterocycles. The molecule has 1 aromatic carbocycles. The van der Waals surface area contributed by atoms with Crippen LogP contribution in [0.25, 0.3) is 0 Å². The number of amides is 3. The monoisotopic (exact) mass is 369 g/mol. The van der Waals surface area contributed by atoms with E-state index in [-0.39, 0.29) is 18.0 Å². The van der Waals surface area contributed by atoms with Gasteiger partial charge in [0.05, 0.1) is 17.8 Å². The third-order valence-corrected chi connectivity index (χ3v) is 4.98. The molecule has 1 fully saturated rings. The maximum Gasteiger partial charge on any atom is 0.326 e. The minimum atomic E-state index is -0.185. The quantitative estimate of drug-likeness (QED) is 0.877. The van der Waals surface area contributed by atoms with Crippen molar-refractivity contribution in [3.8, 4) is 6.07 Å². The highest BCUT2D eigenvalue weighted by atomic mass is 32.1. The van der Waals surface area contributed by atoms with Crippen LogP contribution in [0.15, 0.2) is 30.5 Å². The van der Waals surface area contributed by atoms with Gasteiger partial charge in [-0.2, -0.15) is 5.26 Å². The molecule has 0 saturated carbocycles. The van der Waals surface area contributed by atoms with Gasteiger partial charge < -0.3 is 10.2 Å². The summed E-state index contributed by atoms with van der Waals surface area (Å²) in [6.45, 7) is 5.21. The normalized spacial score (nSPS) is 14.0. The van der Waals surface area contributed by atoms with Crippen molar-refractivity contribution in [3.63, 3.8) is 0 Å². The lowest BCUT2D eigenvalue weighted by molar-refractivity contribution is 0.0947. The van der Waals surface area contributed by atoms with Crippen LogP contribution in [0.5, 0.6) is 0 Å². The molecule has 1 aromatic heterocycles. The van der Waals surface area contributed by atoms with Gasteiger partial charge in [-0.3, -0.25) is 9.69 Å². The number of nitriles is 1. The average Bonchev–Trinajstić information content (AvgIpc) is 3.22.